The van der Waals surface area contributed by atoms with Gasteiger partial charge < -0.3 is 9.64 Å². The van der Waals surface area contributed by atoms with Crippen molar-refractivity contribution in [2.24, 2.45) is 0 Å². The van der Waals surface area contributed by atoms with Crippen LogP contribution in [0.25, 0.3) is 5.65 Å². The maximum absolute atomic E-state index is 5.27. The van der Waals surface area contributed by atoms with Crippen molar-refractivity contribution in [2.45, 2.75) is 31.7 Å². The molecule has 0 N–H and O–H groups in total. The van der Waals surface area contributed by atoms with Gasteiger partial charge in [0.15, 0.2) is 5.65 Å². The monoisotopic (exact) mass is 260 g/mol. The van der Waals surface area contributed by atoms with Gasteiger partial charge in [-0.15, -0.1) is 10.2 Å². The minimum Gasteiger partial charge on any atom is -0.495 e. The summed E-state index contributed by atoms with van der Waals surface area (Å²) in [5, 5.41) is 8.55. The van der Waals surface area contributed by atoms with Crippen LogP contribution in [0.5, 0.6) is 5.75 Å². The quantitative estimate of drug-likeness (QED) is 0.843. The first-order valence-corrected chi connectivity index (χ1v) is 6.86. The van der Waals surface area contributed by atoms with E-state index in [1.165, 1.54) is 25.8 Å². The number of likely N-dealkylation sites (tertiary alicyclic amines) is 1. The van der Waals surface area contributed by atoms with Gasteiger partial charge in [0.1, 0.15) is 11.6 Å². The van der Waals surface area contributed by atoms with Crippen molar-refractivity contribution in [3.8, 4) is 5.75 Å². The van der Waals surface area contributed by atoms with Gasteiger partial charge in [-0.25, -0.2) is 0 Å². The van der Waals surface area contributed by atoms with Crippen LogP contribution in [0.4, 0.5) is 0 Å². The molecule has 1 aliphatic heterocycles. The van der Waals surface area contributed by atoms with E-state index in [1.807, 2.05) is 22.7 Å². The van der Waals surface area contributed by atoms with Gasteiger partial charge in [0.05, 0.1) is 13.3 Å². The largest absolute Gasteiger partial charge is 0.495 e. The zero-order chi connectivity index (χ0) is 13.2. The van der Waals surface area contributed by atoms with Gasteiger partial charge in [-0.2, -0.15) is 0 Å². The van der Waals surface area contributed by atoms with Crippen molar-refractivity contribution in [3.05, 3.63) is 24.2 Å². The molecule has 0 spiro atoms. The number of fused-ring (bicyclic) bond motifs is 1. The molecule has 1 unspecified atom stereocenters. The summed E-state index contributed by atoms with van der Waals surface area (Å²) in [4.78, 5) is 2.44. The highest BCUT2D eigenvalue weighted by Crippen LogP contribution is 2.20. The molecule has 19 heavy (non-hydrogen) atoms. The maximum Gasteiger partial charge on any atom is 0.161 e. The highest BCUT2D eigenvalue weighted by Gasteiger charge is 2.21. The van der Waals surface area contributed by atoms with Gasteiger partial charge in [-0.1, -0.05) is 6.42 Å². The Morgan fingerprint density at radius 1 is 1.32 bits per heavy atom. The molecule has 1 saturated heterocycles. The third-order valence-electron chi connectivity index (χ3n) is 4.02. The Bertz CT molecular complexity index is 566. The fourth-order valence-electron chi connectivity index (χ4n) is 2.79. The van der Waals surface area contributed by atoms with E-state index in [1.54, 1.807) is 7.11 Å². The van der Waals surface area contributed by atoms with Crippen LogP contribution in [0, 0.1) is 0 Å². The SMILES string of the molecule is COc1ccc2nnc(CC3CCCCN3C)n2c1. The number of likely N-dealkylation sites (N-methyl/N-ethyl adjacent to an activating group) is 1. The minimum atomic E-state index is 0.576. The molecule has 0 radical (unpaired) electrons. The number of hydrogen-bond donors (Lipinski definition) is 0. The highest BCUT2D eigenvalue weighted by atomic mass is 16.5. The van der Waals surface area contributed by atoms with Crippen LogP contribution in [0.2, 0.25) is 0 Å². The molecule has 0 bridgehead atoms. The van der Waals surface area contributed by atoms with Gasteiger partial charge in [0, 0.05) is 12.5 Å². The normalized spacial score (nSPS) is 20.8. The summed E-state index contributed by atoms with van der Waals surface area (Å²) in [6.07, 6.45) is 6.78. The molecule has 3 heterocycles. The third-order valence-corrected chi connectivity index (χ3v) is 4.02. The second-order valence-corrected chi connectivity index (χ2v) is 5.25. The standard InChI is InChI=1S/C14H20N4O/c1-17-8-4-3-5-11(17)9-14-16-15-13-7-6-12(19-2)10-18(13)14/h6-7,10-11H,3-5,8-9H2,1-2H3. The van der Waals surface area contributed by atoms with Crippen LogP contribution < -0.4 is 4.74 Å². The van der Waals surface area contributed by atoms with E-state index in [0.717, 1.165) is 23.6 Å². The van der Waals surface area contributed by atoms with Gasteiger partial charge in [0.25, 0.3) is 0 Å². The van der Waals surface area contributed by atoms with Gasteiger partial charge >= 0.3 is 0 Å². The number of methoxy groups -OCH3 is 1. The minimum absolute atomic E-state index is 0.576. The molecule has 0 saturated carbocycles. The Hall–Kier alpha value is -1.62. The van der Waals surface area contributed by atoms with Crippen molar-refractivity contribution in [1.29, 1.82) is 0 Å². The summed E-state index contributed by atoms with van der Waals surface area (Å²) in [7, 11) is 3.88. The summed E-state index contributed by atoms with van der Waals surface area (Å²) >= 11 is 0. The lowest BCUT2D eigenvalue weighted by molar-refractivity contribution is 0.182. The molecular weight excluding hydrogens is 240 g/mol. The molecule has 1 aliphatic rings. The molecule has 2 aromatic rings. The third kappa shape index (κ3) is 2.42. The van der Waals surface area contributed by atoms with Crippen molar-refractivity contribution in [2.75, 3.05) is 20.7 Å². The predicted molar refractivity (Wildman–Crippen MR) is 73.5 cm³/mol. The lowest BCUT2D eigenvalue weighted by Gasteiger charge is -2.31. The first-order valence-electron chi connectivity index (χ1n) is 6.86. The zero-order valence-corrected chi connectivity index (χ0v) is 11.5. The van der Waals surface area contributed by atoms with Gasteiger partial charge in [-0.05, 0) is 38.6 Å². The second kappa shape index (κ2) is 5.17. The van der Waals surface area contributed by atoms with E-state index in [4.69, 9.17) is 4.74 Å². The van der Waals surface area contributed by atoms with Crippen LogP contribution in [-0.4, -0.2) is 46.2 Å². The van der Waals surface area contributed by atoms with E-state index in [-0.39, 0.29) is 0 Å². The van der Waals surface area contributed by atoms with Crippen molar-refractivity contribution >= 4 is 5.65 Å². The van der Waals surface area contributed by atoms with E-state index in [9.17, 15) is 0 Å². The predicted octanol–water partition coefficient (Wildman–Crippen LogP) is 1.76. The fourth-order valence-corrected chi connectivity index (χ4v) is 2.79. The second-order valence-electron chi connectivity index (χ2n) is 5.25. The number of hydrogen-bond acceptors (Lipinski definition) is 4. The number of ether oxygens (including phenoxy) is 1. The van der Waals surface area contributed by atoms with E-state index < -0.39 is 0 Å². The van der Waals surface area contributed by atoms with Crippen molar-refractivity contribution in [1.82, 2.24) is 19.5 Å². The average Bonchev–Trinajstić information content (AvgIpc) is 2.84. The van der Waals surface area contributed by atoms with E-state index in [0.29, 0.717) is 6.04 Å². The Morgan fingerprint density at radius 3 is 3.00 bits per heavy atom. The van der Waals surface area contributed by atoms with Gasteiger partial charge in [0.2, 0.25) is 0 Å². The van der Waals surface area contributed by atoms with Gasteiger partial charge in [-0.3, -0.25) is 4.40 Å². The number of pyridine rings is 1. The smallest absolute Gasteiger partial charge is 0.161 e. The highest BCUT2D eigenvalue weighted by molar-refractivity contribution is 5.41. The molecule has 5 nitrogen and oxygen atoms in total. The molecular formula is C14H20N4O. The molecule has 1 atom stereocenters. The van der Waals surface area contributed by atoms with Crippen molar-refractivity contribution in [3.63, 3.8) is 0 Å². The molecule has 0 aromatic carbocycles. The fraction of sp³-hybridized carbons (Fsp3) is 0.571. The van der Waals surface area contributed by atoms with E-state index in [2.05, 4.69) is 22.1 Å². The Morgan fingerprint density at radius 2 is 2.21 bits per heavy atom. The zero-order valence-electron chi connectivity index (χ0n) is 11.5. The van der Waals surface area contributed by atoms with Crippen LogP contribution in [0.3, 0.4) is 0 Å². The molecule has 0 amide bonds. The molecule has 3 rings (SSSR count). The lowest BCUT2D eigenvalue weighted by atomic mass is 10.00. The number of nitrogens with zero attached hydrogens (tertiary/aromatic N) is 4. The Balaban J connectivity index is 1.87. The topological polar surface area (TPSA) is 42.7 Å². The Kier molecular flexibility index (Phi) is 3.38. The molecule has 102 valence electrons. The average molecular weight is 260 g/mol. The molecule has 5 heteroatoms. The number of rotatable bonds is 3. The summed E-state index contributed by atoms with van der Waals surface area (Å²) in [6.45, 7) is 1.19. The first-order chi connectivity index (χ1) is 9.28. The molecule has 0 aliphatic carbocycles. The number of aromatic nitrogens is 3. The maximum atomic E-state index is 5.27. The van der Waals surface area contributed by atoms with E-state index >= 15 is 0 Å². The number of piperidine rings is 1. The van der Waals surface area contributed by atoms with Crippen LogP contribution in [0.1, 0.15) is 25.1 Å². The molecule has 2 aromatic heterocycles. The summed E-state index contributed by atoms with van der Waals surface area (Å²) in [5.41, 5.74) is 0.884. The first kappa shape index (κ1) is 12.4. The molecule has 1 fully saturated rings. The summed E-state index contributed by atoms with van der Waals surface area (Å²) in [6, 6.07) is 4.44. The Labute approximate surface area is 113 Å². The van der Waals surface area contributed by atoms with Crippen LogP contribution in [0.15, 0.2) is 18.3 Å². The summed E-state index contributed by atoms with van der Waals surface area (Å²) < 4.78 is 7.31. The van der Waals surface area contributed by atoms with Crippen LogP contribution in [-0.2, 0) is 6.42 Å². The lowest BCUT2D eigenvalue weighted by Crippen LogP contribution is -2.38. The summed E-state index contributed by atoms with van der Waals surface area (Å²) in [5.74, 6) is 1.86. The van der Waals surface area contributed by atoms with Crippen LogP contribution >= 0.6 is 0 Å². The van der Waals surface area contributed by atoms with Crippen molar-refractivity contribution < 1.29 is 4.74 Å².